The van der Waals surface area contributed by atoms with E-state index in [9.17, 15) is 5.26 Å². The van der Waals surface area contributed by atoms with Crippen LogP contribution in [0.1, 0.15) is 83.5 Å². The summed E-state index contributed by atoms with van der Waals surface area (Å²) in [6.07, 6.45) is -10.5. The number of nitrogens with zero attached hydrogens (tertiary/aromatic N) is 3. The summed E-state index contributed by atoms with van der Waals surface area (Å²) in [5.74, 6) is 0. The van der Waals surface area contributed by atoms with Crippen molar-refractivity contribution in [1.82, 2.24) is 9.13 Å². The van der Waals surface area contributed by atoms with Crippen molar-refractivity contribution in [2.24, 2.45) is 0 Å². The zero-order valence-electron chi connectivity index (χ0n) is 49.0. The number of benzene rings is 10. The fraction of sp³-hybridized carbons (Fsp3) is 0.187. The smallest absolute Gasteiger partial charge is 0.308 e. The van der Waals surface area contributed by atoms with Crippen LogP contribution in [0.5, 0.6) is 0 Å². The van der Waals surface area contributed by atoms with Crippen molar-refractivity contribution < 1.29 is 26.3 Å². The molecule has 0 unspecified atom stereocenters. The second-order valence-corrected chi connectivity index (χ2v) is 23.4. The van der Waals surface area contributed by atoms with Gasteiger partial charge in [0.25, 0.3) is 0 Å². The normalized spacial score (nSPS) is 12.2. The van der Waals surface area contributed by atoms with Crippen LogP contribution in [-0.2, 0) is 12.4 Å². The molecule has 0 N–H and O–H groups in total. The molecule has 12 aromatic rings. The molecule has 0 radical (unpaired) electrons. The molecule has 3 nitrogen and oxygen atoms in total. The lowest BCUT2D eigenvalue weighted by Crippen LogP contribution is -2.16. The first-order valence-corrected chi connectivity index (χ1v) is 28.2. The largest absolute Gasteiger partial charge is 0.417 e. The van der Waals surface area contributed by atoms with E-state index in [0.717, 1.165) is 128 Å². The molecule has 0 saturated heterocycles. The molecular formula is C75H61F6N3. The topological polar surface area (TPSA) is 33.6 Å². The van der Waals surface area contributed by atoms with Gasteiger partial charge < -0.3 is 9.13 Å². The molecule has 0 amide bonds. The first-order chi connectivity index (χ1) is 39.8. The Hall–Kier alpha value is -9.13. The highest BCUT2D eigenvalue weighted by molar-refractivity contribution is 6.14. The van der Waals surface area contributed by atoms with Crippen LogP contribution in [0.25, 0.3) is 111 Å². The van der Waals surface area contributed by atoms with Crippen molar-refractivity contribution in [2.75, 3.05) is 0 Å². The number of hydrogen-bond acceptors (Lipinski definition) is 1. The minimum Gasteiger partial charge on any atom is -0.308 e. The van der Waals surface area contributed by atoms with Crippen LogP contribution in [0.4, 0.5) is 26.3 Å². The van der Waals surface area contributed by atoms with E-state index in [-0.39, 0.29) is 16.9 Å². The average Bonchev–Trinajstić information content (AvgIpc) is 1.99. The molecular weight excluding hydrogens is 1060 g/mol. The summed E-state index contributed by atoms with van der Waals surface area (Å²) in [6.45, 7) is 24.9. The summed E-state index contributed by atoms with van der Waals surface area (Å²) >= 11 is 0. The van der Waals surface area contributed by atoms with E-state index in [1.54, 1.807) is 4.57 Å². The monoisotopic (exact) mass is 1120 g/mol. The number of fused-ring (bicyclic) bond motifs is 6. The lowest BCUT2D eigenvalue weighted by molar-refractivity contribution is -0.142. The summed E-state index contributed by atoms with van der Waals surface area (Å²) < 4.78 is 98.0. The summed E-state index contributed by atoms with van der Waals surface area (Å²) in [6, 6.07) is 48.8. The molecule has 2 heterocycles. The van der Waals surface area contributed by atoms with E-state index in [0.29, 0.717) is 45.0 Å². The highest BCUT2D eigenvalue weighted by Crippen LogP contribution is 2.51. The Balaban J connectivity index is 1.25. The van der Waals surface area contributed by atoms with E-state index in [2.05, 4.69) is 148 Å². The number of aryl methyl sites for hydroxylation is 12. The second kappa shape index (κ2) is 20.1. The molecule has 0 saturated carbocycles. The predicted octanol–water partition coefficient (Wildman–Crippen LogP) is 21.8. The van der Waals surface area contributed by atoms with Crippen LogP contribution in [0.15, 0.2) is 152 Å². The van der Waals surface area contributed by atoms with E-state index in [4.69, 9.17) is 0 Å². The van der Waals surface area contributed by atoms with Gasteiger partial charge in [-0.15, -0.1) is 0 Å². The Labute approximate surface area is 485 Å². The van der Waals surface area contributed by atoms with Crippen LogP contribution in [0, 0.1) is 94.4 Å². The molecule has 12 rings (SSSR count). The van der Waals surface area contributed by atoms with Crippen LogP contribution in [0.2, 0.25) is 0 Å². The van der Waals surface area contributed by atoms with Gasteiger partial charge >= 0.3 is 12.4 Å². The van der Waals surface area contributed by atoms with Gasteiger partial charge in [0.15, 0.2) is 0 Å². The molecule has 0 aliphatic carbocycles. The number of hydrogen-bond donors (Lipinski definition) is 0. The van der Waals surface area contributed by atoms with E-state index in [1.807, 2.05) is 66.9 Å². The lowest BCUT2D eigenvalue weighted by atomic mass is 9.90. The molecule has 0 fully saturated rings. The van der Waals surface area contributed by atoms with Gasteiger partial charge in [-0.05, 0) is 239 Å². The predicted molar refractivity (Wildman–Crippen MR) is 334 cm³/mol. The molecule has 84 heavy (non-hydrogen) atoms. The lowest BCUT2D eigenvalue weighted by Gasteiger charge is -2.24. The number of aromatic nitrogens is 2. The number of alkyl halides is 6. The Bertz CT molecular complexity index is 4480. The maximum absolute atomic E-state index is 15.7. The van der Waals surface area contributed by atoms with Crippen LogP contribution < -0.4 is 0 Å². The molecule has 0 bridgehead atoms. The maximum Gasteiger partial charge on any atom is 0.417 e. The molecule has 0 aliphatic heterocycles. The third kappa shape index (κ3) is 9.06. The SMILES string of the molecule is Cc1cc(C)c(-c2ccc3c(c2)c2cc(-c4c(C)cc(C)cc4C)ccc2n3-c2ccc(-c3c(C(F)(F)F)cccc3C(F)(F)F)c(-n3c4ccc(-c5c(C)cc(C)cc5C)cc4c4cc(-c5c(C)cc(C)cc5C)ccc43)c2C#N)c(C)c1. The Kier molecular flexibility index (Phi) is 13.2. The highest BCUT2D eigenvalue weighted by Gasteiger charge is 2.42. The molecule has 418 valence electrons. The number of rotatable bonds is 7. The van der Waals surface area contributed by atoms with Crippen molar-refractivity contribution in [3.8, 4) is 73.1 Å². The van der Waals surface area contributed by atoms with E-state index in [1.165, 1.54) is 12.1 Å². The van der Waals surface area contributed by atoms with Crippen molar-refractivity contribution in [3.05, 3.63) is 235 Å². The fourth-order valence-electron chi connectivity index (χ4n) is 14.3. The summed E-state index contributed by atoms with van der Waals surface area (Å²) in [7, 11) is 0. The van der Waals surface area contributed by atoms with Gasteiger partial charge in [0, 0.05) is 32.7 Å². The van der Waals surface area contributed by atoms with Gasteiger partial charge in [-0.3, -0.25) is 0 Å². The van der Waals surface area contributed by atoms with Crippen LogP contribution in [-0.4, -0.2) is 9.13 Å². The zero-order chi connectivity index (χ0) is 59.7. The zero-order valence-corrected chi connectivity index (χ0v) is 49.0. The average molecular weight is 1120 g/mol. The second-order valence-electron chi connectivity index (χ2n) is 23.4. The van der Waals surface area contributed by atoms with Crippen molar-refractivity contribution in [1.29, 1.82) is 5.26 Å². The van der Waals surface area contributed by atoms with Crippen molar-refractivity contribution in [2.45, 2.75) is 95.4 Å². The Morgan fingerprint density at radius 2 is 0.619 bits per heavy atom. The molecule has 10 aromatic carbocycles. The summed E-state index contributed by atoms with van der Waals surface area (Å²) in [4.78, 5) is 0. The van der Waals surface area contributed by atoms with Gasteiger partial charge in [-0.1, -0.05) is 107 Å². The van der Waals surface area contributed by atoms with Gasteiger partial charge in [0.05, 0.1) is 44.6 Å². The van der Waals surface area contributed by atoms with E-state index < -0.39 is 34.6 Å². The van der Waals surface area contributed by atoms with Gasteiger partial charge in [0.1, 0.15) is 11.6 Å². The van der Waals surface area contributed by atoms with Gasteiger partial charge in [-0.25, -0.2) is 0 Å². The van der Waals surface area contributed by atoms with Gasteiger partial charge in [0.2, 0.25) is 0 Å². The quantitative estimate of drug-likeness (QED) is 0.146. The summed E-state index contributed by atoms with van der Waals surface area (Å²) in [5.41, 5.74) is 18.9. The third-order valence-electron chi connectivity index (χ3n) is 17.1. The minimum atomic E-state index is -5.23. The van der Waals surface area contributed by atoms with Crippen LogP contribution >= 0.6 is 0 Å². The molecule has 2 aromatic heterocycles. The first-order valence-electron chi connectivity index (χ1n) is 28.2. The number of halogens is 6. The Morgan fingerprint density at radius 1 is 0.333 bits per heavy atom. The number of nitriles is 1. The first kappa shape index (κ1) is 55.4. The van der Waals surface area contributed by atoms with E-state index >= 15 is 26.3 Å². The minimum absolute atomic E-state index is 0.122. The van der Waals surface area contributed by atoms with Crippen molar-refractivity contribution in [3.63, 3.8) is 0 Å². The fourth-order valence-corrected chi connectivity index (χ4v) is 14.3. The molecule has 9 heteroatoms. The standard InChI is InChI=1S/C75H61F6N3/c1-39-26-43(5)68(44(6)27-39)51-16-21-63-56(34-51)57-35-52(69-45(7)28-40(2)29-46(69)8)17-22-64(57)83(63)67-25-20-55(72-61(74(76,77)78)14-13-15-62(72)75(79,80)81)73(60(67)38-82)84-65-23-18-53(70-47(9)30-41(3)31-48(70)10)36-58(65)59-37-54(19-24-66(59)84)71-49(11)32-42(4)33-50(71)12/h13-37H,1-12H3. The third-order valence-corrected chi connectivity index (χ3v) is 17.1. The highest BCUT2D eigenvalue weighted by atomic mass is 19.4. The maximum atomic E-state index is 15.7. The van der Waals surface area contributed by atoms with Crippen LogP contribution in [0.3, 0.4) is 0 Å². The molecule has 0 spiro atoms. The Morgan fingerprint density at radius 3 is 0.893 bits per heavy atom. The molecule has 0 atom stereocenters. The summed E-state index contributed by atoms with van der Waals surface area (Å²) in [5, 5.41) is 15.2. The molecule has 0 aliphatic rings. The van der Waals surface area contributed by atoms with Gasteiger partial charge in [-0.2, -0.15) is 31.6 Å². The van der Waals surface area contributed by atoms with Crippen molar-refractivity contribution >= 4 is 43.6 Å².